The standard InChI is InChI=1S/C11H16N.C9H7.3ClH.V/c1-10(9-12(2)3)11-7-5-4-6-8-11;1-2-5-9-7-3-6-8(9)4-1;;;;/h4-8H,9H2,1-3H3;1-7H;3*1H;/q2*-1;;;;+3/p-3. The Kier molecular flexibility index (Phi) is 11.3. The molecule has 0 N–H and O–H groups in total. The minimum atomic E-state index is -1.77. The Bertz CT molecular complexity index is 665. The topological polar surface area (TPSA) is 3.24 Å². The van der Waals surface area contributed by atoms with E-state index in [1.165, 1.54) is 22.3 Å². The van der Waals surface area contributed by atoms with Gasteiger partial charge in [0, 0.05) is 0 Å². The molecule has 5 heteroatoms. The third kappa shape index (κ3) is 10.2. The molecule has 25 heavy (non-hydrogen) atoms. The van der Waals surface area contributed by atoms with E-state index in [1.807, 2.05) is 6.07 Å². The second-order valence-electron chi connectivity index (χ2n) is 5.73. The van der Waals surface area contributed by atoms with E-state index >= 15 is 0 Å². The smallest absolute Gasteiger partial charge is 0.0809 e. The van der Waals surface area contributed by atoms with Crippen LogP contribution in [0.2, 0.25) is 0 Å². The quantitative estimate of drug-likeness (QED) is 0.409. The number of hydrogen-bond acceptors (Lipinski definition) is 1. The number of likely N-dealkylation sites (N-methyl/N-ethyl adjacent to an activating group) is 1. The van der Waals surface area contributed by atoms with Gasteiger partial charge in [-0.2, -0.15) is 41.1 Å². The van der Waals surface area contributed by atoms with Gasteiger partial charge >= 0.3 is 41.8 Å². The number of halogens is 3. The molecule has 3 aromatic rings. The molecule has 0 aliphatic rings. The van der Waals surface area contributed by atoms with Crippen LogP contribution in [0.3, 0.4) is 0 Å². The molecule has 0 spiro atoms. The minimum Gasteiger partial charge on any atom is -0.168 e. The Morgan fingerprint density at radius 3 is 2.04 bits per heavy atom. The van der Waals surface area contributed by atoms with Crippen molar-refractivity contribution in [1.82, 2.24) is 4.90 Å². The van der Waals surface area contributed by atoms with Crippen LogP contribution in [0, 0.1) is 5.92 Å². The van der Waals surface area contributed by atoms with E-state index in [2.05, 4.69) is 92.6 Å². The van der Waals surface area contributed by atoms with Gasteiger partial charge in [0.25, 0.3) is 0 Å². The first-order valence-electron chi connectivity index (χ1n) is 7.80. The Morgan fingerprint density at radius 2 is 1.48 bits per heavy atom. The van der Waals surface area contributed by atoms with Gasteiger partial charge in [-0.3, -0.25) is 0 Å². The van der Waals surface area contributed by atoms with E-state index in [0.717, 1.165) is 6.54 Å². The number of fused-ring (bicyclic) bond motifs is 1. The molecule has 3 rings (SSSR count). The zero-order chi connectivity index (χ0) is 18.7. The van der Waals surface area contributed by atoms with Crippen LogP contribution in [-0.2, 0) is 12.3 Å². The van der Waals surface area contributed by atoms with Crippen molar-refractivity contribution in [3.8, 4) is 0 Å². The molecule has 0 aromatic heterocycles. The van der Waals surface area contributed by atoms with Gasteiger partial charge in [-0.05, 0) is 20.6 Å². The predicted molar refractivity (Wildman–Crippen MR) is 110 cm³/mol. The Balaban J connectivity index is 0.000000211. The van der Waals surface area contributed by atoms with E-state index < -0.39 is 12.3 Å². The van der Waals surface area contributed by atoms with E-state index in [0.29, 0.717) is 0 Å². The summed E-state index contributed by atoms with van der Waals surface area (Å²) in [5, 5.41) is 2.66. The maximum Gasteiger partial charge on any atom is -0.0809 e. The van der Waals surface area contributed by atoms with E-state index in [9.17, 15) is 0 Å². The van der Waals surface area contributed by atoms with Crippen LogP contribution in [-0.4, -0.2) is 25.5 Å². The van der Waals surface area contributed by atoms with Gasteiger partial charge in [-0.15, -0.1) is 41.8 Å². The van der Waals surface area contributed by atoms with Crippen LogP contribution in [0.15, 0.2) is 72.8 Å². The molecule has 0 saturated heterocycles. The van der Waals surface area contributed by atoms with E-state index in [-0.39, 0.29) is 0 Å². The van der Waals surface area contributed by atoms with E-state index in [4.69, 9.17) is 29.5 Å². The molecule has 0 aliphatic heterocycles. The summed E-state index contributed by atoms with van der Waals surface area (Å²) >= 11 is -1.77. The molecule has 0 saturated carbocycles. The zero-order valence-corrected chi connectivity index (χ0v) is 18.3. The molecule has 0 radical (unpaired) electrons. The van der Waals surface area contributed by atoms with Gasteiger partial charge in [-0.25, -0.2) is 0 Å². The van der Waals surface area contributed by atoms with Crippen molar-refractivity contribution in [2.75, 3.05) is 20.6 Å². The molecule has 0 fully saturated rings. The van der Waals surface area contributed by atoms with Gasteiger partial charge in [0.2, 0.25) is 0 Å². The maximum absolute atomic E-state index is 4.95. The first-order valence-corrected chi connectivity index (χ1v) is 13.6. The molecule has 136 valence electrons. The van der Waals surface area contributed by atoms with Crippen LogP contribution in [0.1, 0.15) is 12.5 Å². The average molecular weight is 435 g/mol. The van der Waals surface area contributed by atoms with Gasteiger partial charge in [0.05, 0.1) is 0 Å². The van der Waals surface area contributed by atoms with E-state index in [1.54, 1.807) is 0 Å². The van der Waals surface area contributed by atoms with Crippen molar-refractivity contribution in [2.45, 2.75) is 6.92 Å². The molecule has 0 unspecified atom stereocenters. The third-order valence-corrected chi connectivity index (χ3v) is 3.37. The van der Waals surface area contributed by atoms with Gasteiger partial charge in [0.15, 0.2) is 0 Å². The zero-order valence-electron chi connectivity index (χ0n) is 14.7. The Morgan fingerprint density at radius 1 is 0.920 bits per heavy atom. The van der Waals surface area contributed by atoms with Crippen molar-refractivity contribution in [1.29, 1.82) is 0 Å². The summed E-state index contributed by atoms with van der Waals surface area (Å²) in [7, 11) is 19.0. The summed E-state index contributed by atoms with van der Waals surface area (Å²) < 4.78 is 0. The van der Waals surface area contributed by atoms with Gasteiger partial charge in [0.1, 0.15) is 0 Å². The Hall–Kier alpha value is -0.666. The average Bonchev–Trinajstić information content (AvgIpc) is 3.04. The molecular weight excluding hydrogens is 412 g/mol. The summed E-state index contributed by atoms with van der Waals surface area (Å²) in [5.74, 6) is 1.42. The predicted octanol–water partition coefficient (Wildman–Crippen LogP) is 6.82. The number of benzene rings is 2. The fourth-order valence-electron chi connectivity index (χ4n) is 2.36. The molecule has 1 nitrogen and oxygen atoms in total. The molecule has 0 aliphatic carbocycles. The van der Waals surface area contributed by atoms with Crippen LogP contribution < -0.4 is 0 Å². The molecule has 0 atom stereocenters. The number of hydrogen-bond donors (Lipinski definition) is 0. The van der Waals surface area contributed by atoms with Crippen molar-refractivity contribution >= 4 is 40.3 Å². The SMILES string of the molecule is C[C-](CN(C)C)c1ccccc1.[Cl][V]([Cl])[Cl].c1ccc2[cH-]ccc2c1. The fraction of sp³-hybridized carbons (Fsp3) is 0.200. The van der Waals surface area contributed by atoms with Crippen LogP contribution in [0.4, 0.5) is 0 Å². The number of nitrogens with zero attached hydrogens (tertiary/aromatic N) is 1. The van der Waals surface area contributed by atoms with Crippen LogP contribution >= 0.6 is 29.5 Å². The second kappa shape index (κ2) is 12.6. The summed E-state index contributed by atoms with van der Waals surface area (Å²) in [4.78, 5) is 2.18. The van der Waals surface area contributed by atoms with Crippen molar-refractivity contribution in [2.24, 2.45) is 0 Å². The summed E-state index contributed by atoms with van der Waals surface area (Å²) in [6.45, 7) is 3.21. The number of rotatable bonds is 3. The monoisotopic (exact) mass is 433 g/mol. The second-order valence-corrected chi connectivity index (χ2v) is 12.7. The van der Waals surface area contributed by atoms with Gasteiger partial charge < -0.3 is 4.90 Å². The van der Waals surface area contributed by atoms with Crippen LogP contribution in [0.5, 0.6) is 0 Å². The van der Waals surface area contributed by atoms with Crippen molar-refractivity contribution < 1.29 is 12.3 Å². The molecule has 0 heterocycles. The van der Waals surface area contributed by atoms with Crippen molar-refractivity contribution in [3.05, 3.63) is 84.3 Å². The molecule has 0 amide bonds. The molecule has 3 aromatic carbocycles. The summed E-state index contributed by atoms with van der Waals surface area (Å²) in [5.41, 5.74) is 1.34. The third-order valence-electron chi connectivity index (χ3n) is 3.37. The minimum absolute atomic E-state index is 1.03. The fourth-order valence-corrected chi connectivity index (χ4v) is 2.36. The maximum atomic E-state index is 4.95. The Labute approximate surface area is 168 Å². The summed E-state index contributed by atoms with van der Waals surface area (Å²) in [6, 6.07) is 25.2. The summed E-state index contributed by atoms with van der Waals surface area (Å²) in [6.07, 6.45) is 0. The normalized spacial score (nSPS) is 10.1. The van der Waals surface area contributed by atoms with Crippen LogP contribution in [0.25, 0.3) is 10.8 Å². The molecular formula is C20H23Cl3NV-2. The first kappa shape index (κ1) is 22.4. The van der Waals surface area contributed by atoms with Crippen molar-refractivity contribution in [3.63, 3.8) is 0 Å². The molecule has 0 bridgehead atoms. The first-order chi connectivity index (χ1) is 11.9. The van der Waals surface area contributed by atoms with Gasteiger partial charge in [-0.1, -0.05) is 19.1 Å². The largest absolute Gasteiger partial charge is 0.168 e.